The molecule has 1 unspecified atom stereocenters. The Hall–Kier alpha value is -4.09. The molecule has 2 aliphatic rings. The van der Waals surface area contributed by atoms with Crippen LogP contribution in [0.1, 0.15) is 63.4 Å². The Morgan fingerprint density at radius 1 is 1.00 bits per heavy atom. The van der Waals surface area contributed by atoms with Crippen LogP contribution in [0.4, 0.5) is 10.1 Å². The Kier molecular flexibility index (Phi) is 6.73. The molecule has 39 heavy (non-hydrogen) atoms. The Labute approximate surface area is 225 Å². The number of carbonyl (C=O) groups excluding carboxylic acids is 2. The van der Waals surface area contributed by atoms with Crippen molar-refractivity contribution in [1.29, 1.82) is 0 Å². The van der Waals surface area contributed by atoms with Gasteiger partial charge in [-0.15, -0.1) is 4.40 Å². The summed E-state index contributed by atoms with van der Waals surface area (Å²) in [7, 11) is -4.19. The lowest BCUT2D eigenvalue weighted by molar-refractivity contribution is 0.0758. The number of nitrogens with zero attached hydrogens (tertiary/aromatic N) is 2. The summed E-state index contributed by atoms with van der Waals surface area (Å²) in [5.41, 5.74) is 0.196. The van der Waals surface area contributed by atoms with Crippen LogP contribution in [0.3, 0.4) is 0 Å². The maximum atomic E-state index is 14.4. The molecule has 2 aliphatic heterocycles. The number of fused-ring (bicyclic) bond motifs is 1. The number of imide groups is 1. The van der Waals surface area contributed by atoms with Crippen molar-refractivity contribution in [2.45, 2.75) is 37.2 Å². The summed E-state index contributed by atoms with van der Waals surface area (Å²) in [6.45, 7) is 2.90. The molecule has 11 heteroatoms. The maximum absolute atomic E-state index is 14.4. The van der Waals surface area contributed by atoms with Gasteiger partial charge in [-0.05, 0) is 56.2 Å². The first-order valence-corrected chi connectivity index (χ1v) is 13.8. The van der Waals surface area contributed by atoms with E-state index in [1.807, 2.05) is 0 Å². The number of ether oxygens (including phenoxy) is 1. The van der Waals surface area contributed by atoms with Crippen molar-refractivity contribution >= 4 is 33.5 Å². The average Bonchev–Trinajstić information content (AvgIpc) is 3.13. The van der Waals surface area contributed by atoms with Crippen molar-refractivity contribution in [2.75, 3.05) is 11.5 Å². The van der Waals surface area contributed by atoms with Crippen molar-refractivity contribution in [3.8, 4) is 0 Å². The number of halogens is 1. The van der Waals surface area contributed by atoms with Gasteiger partial charge in [-0.3, -0.25) is 9.59 Å². The highest BCUT2D eigenvalue weighted by Crippen LogP contribution is 2.41. The zero-order valence-corrected chi connectivity index (χ0v) is 22.0. The fourth-order valence-corrected chi connectivity index (χ4v) is 6.73. The third kappa shape index (κ3) is 4.79. The Morgan fingerprint density at radius 3 is 2.15 bits per heavy atom. The molecule has 3 aromatic carbocycles. The van der Waals surface area contributed by atoms with Gasteiger partial charge in [0.1, 0.15) is 16.7 Å². The van der Waals surface area contributed by atoms with Gasteiger partial charge in [0, 0.05) is 12.2 Å². The molecular formula is C28H26FN3O6S. The molecule has 3 aromatic rings. The molecule has 0 aliphatic carbocycles. The smallest absolute Gasteiger partial charge is 0.301 e. The van der Waals surface area contributed by atoms with Gasteiger partial charge in [-0.25, -0.2) is 17.7 Å². The largest absolute Gasteiger partial charge is 0.457 e. The highest BCUT2D eigenvalue weighted by molar-refractivity contribution is 7.90. The lowest BCUT2D eigenvalue weighted by Gasteiger charge is -2.38. The number of anilines is 1. The fraction of sp³-hybridized carbons (Fsp3) is 0.250. The normalized spacial score (nSPS) is 20.2. The summed E-state index contributed by atoms with van der Waals surface area (Å²) in [6, 6.07) is 17.5. The first-order chi connectivity index (χ1) is 18.5. The molecule has 0 radical (unpaired) electrons. The number of amidine groups is 1. The minimum Gasteiger partial charge on any atom is -0.457 e. The summed E-state index contributed by atoms with van der Waals surface area (Å²) in [5, 5.41) is 11.1. The van der Waals surface area contributed by atoms with Gasteiger partial charge in [-0.2, -0.15) is 0 Å². The number of benzene rings is 3. The number of hydrogen-bond donors (Lipinski definition) is 2. The van der Waals surface area contributed by atoms with Crippen LogP contribution in [-0.2, 0) is 14.8 Å². The SMILES string of the molecule is CC1(C)OC(N[C@@H](CCO)c2ccccc2F)=NS(=O)(=O)C1c1ccc(N2C(=O)c3ccccc3C2=O)cc1. The minimum atomic E-state index is -4.19. The van der Waals surface area contributed by atoms with E-state index >= 15 is 0 Å². The highest BCUT2D eigenvalue weighted by atomic mass is 32.2. The minimum absolute atomic E-state index is 0.0898. The van der Waals surface area contributed by atoms with Crippen molar-refractivity contribution < 1.29 is 32.2 Å². The zero-order chi connectivity index (χ0) is 27.9. The second kappa shape index (κ2) is 9.90. The molecule has 2 heterocycles. The van der Waals surface area contributed by atoms with Gasteiger partial charge in [0.15, 0.2) is 0 Å². The molecule has 0 saturated carbocycles. The number of aliphatic hydroxyl groups is 1. The predicted octanol–water partition coefficient (Wildman–Crippen LogP) is 3.88. The first-order valence-electron chi connectivity index (χ1n) is 12.3. The van der Waals surface area contributed by atoms with Crippen LogP contribution in [-0.4, -0.2) is 43.6 Å². The van der Waals surface area contributed by atoms with E-state index in [4.69, 9.17) is 4.74 Å². The van der Waals surface area contributed by atoms with Crippen LogP contribution in [0, 0.1) is 5.82 Å². The molecular weight excluding hydrogens is 525 g/mol. The molecule has 202 valence electrons. The Morgan fingerprint density at radius 2 is 1.59 bits per heavy atom. The van der Waals surface area contributed by atoms with E-state index < -0.39 is 44.5 Å². The second-order valence-electron chi connectivity index (χ2n) is 9.81. The topological polar surface area (TPSA) is 125 Å². The van der Waals surface area contributed by atoms with Gasteiger partial charge in [-0.1, -0.05) is 42.5 Å². The van der Waals surface area contributed by atoms with E-state index in [0.717, 1.165) is 4.90 Å². The summed E-state index contributed by atoms with van der Waals surface area (Å²) < 4.78 is 51.0. The van der Waals surface area contributed by atoms with E-state index in [1.165, 1.54) is 42.5 Å². The van der Waals surface area contributed by atoms with E-state index in [2.05, 4.69) is 9.71 Å². The molecule has 2 N–H and O–H groups in total. The van der Waals surface area contributed by atoms with Crippen LogP contribution in [0.5, 0.6) is 0 Å². The number of carbonyl (C=O) groups is 2. The third-order valence-electron chi connectivity index (χ3n) is 6.74. The molecule has 2 atom stereocenters. The van der Waals surface area contributed by atoms with Crippen LogP contribution >= 0.6 is 0 Å². The molecule has 0 aromatic heterocycles. The van der Waals surface area contributed by atoms with E-state index in [1.54, 1.807) is 44.2 Å². The number of hydrogen-bond acceptors (Lipinski definition) is 7. The van der Waals surface area contributed by atoms with Gasteiger partial charge in [0.05, 0.1) is 22.9 Å². The van der Waals surface area contributed by atoms with Crippen molar-refractivity contribution in [3.63, 3.8) is 0 Å². The zero-order valence-electron chi connectivity index (χ0n) is 21.2. The molecule has 0 fully saturated rings. The Balaban J connectivity index is 1.42. The maximum Gasteiger partial charge on any atom is 0.301 e. The van der Waals surface area contributed by atoms with Gasteiger partial charge < -0.3 is 15.2 Å². The highest BCUT2D eigenvalue weighted by Gasteiger charge is 2.48. The van der Waals surface area contributed by atoms with Crippen LogP contribution in [0.25, 0.3) is 0 Å². The Bertz CT molecular complexity index is 1550. The lowest BCUT2D eigenvalue weighted by atomic mass is 9.97. The molecule has 0 spiro atoms. The van der Waals surface area contributed by atoms with E-state index in [-0.39, 0.29) is 24.6 Å². The summed E-state index contributed by atoms with van der Waals surface area (Å²) in [5.74, 6) is -1.42. The van der Waals surface area contributed by atoms with E-state index in [9.17, 15) is 27.5 Å². The van der Waals surface area contributed by atoms with Gasteiger partial charge in [0.25, 0.3) is 21.8 Å². The van der Waals surface area contributed by atoms with Gasteiger partial charge >= 0.3 is 6.02 Å². The quantitative estimate of drug-likeness (QED) is 0.446. The number of aliphatic hydroxyl groups excluding tert-OH is 1. The summed E-state index contributed by atoms with van der Waals surface area (Å²) in [4.78, 5) is 26.7. The molecule has 0 saturated heterocycles. The number of nitrogens with one attached hydrogen (secondary N) is 1. The number of amides is 2. The predicted molar refractivity (Wildman–Crippen MR) is 142 cm³/mol. The summed E-state index contributed by atoms with van der Waals surface area (Å²) in [6.07, 6.45) is 0.0898. The molecule has 2 amide bonds. The van der Waals surface area contributed by atoms with Crippen LogP contribution < -0.4 is 10.2 Å². The van der Waals surface area contributed by atoms with Crippen LogP contribution in [0.2, 0.25) is 0 Å². The second-order valence-corrected chi connectivity index (χ2v) is 11.5. The van der Waals surface area contributed by atoms with Crippen molar-refractivity contribution in [1.82, 2.24) is 5.32 Å². The fourth-order valence-electron chi connectivity index (χ4n) is 5.04. The van der Waals surface area contributed by atoms with E-state index in [0.29, 0.717) is 22.4 Å². The van der Waals surface area contributed by atoms with Crippen molar-refractivity contribution in [3.05, 3.63) is 101 Å². The lowest BCUT2D eigenvalue weighted by Crippen LogP contribution is -2.47. The molecule has 0 bridgehead atoms. The monoisotopic (exact) mass is 551 g/mol. The average molecular weight is 552 g/mol. The standard InChI is InChI=1S/C28H26FN3O6S/c1-28(2)24(17-11-13-18(14-12-17)32-25(34)19-7-3-4-8-20(19)26(32)35)39(36,37)31-27(38-28)30-23(15-16-33)21-9-5-6-10-22(21)29/h3-14,23-24,33H,15-16H2,1-2H3,(H,30,31)/t23-,24?/m0/s1. The third-order valence-corrected chi connectivity index (χ3v) is 8.60. The van der Waals surface area contributed by atoms with Crippen molar-refractivity contribution in [2.24, 2.45) is 4.40 Å². The molecule has 5 rings (SSSR count). The number of sulfonamides is 1. The van der Waals surface area contributed by atoms with Gasteiger partial charge in [0.2, 0.25) is 0 Å². The number of rotatable bonds is 6. The molecule has 9 nitrogen and oxygen atoms in total. The summed E-state index contributed by atoms with van der Waals surface area (Å²) >= 11 is 0. The van der Waals surface area contributed by atoms with Crippen LogP contribution in [0.15, 0.2) is 77.2 Å². The first kappa shape index (κ1) is 26.5.